The second-order valence-electron chi connectivity index (χ2n) is 7.69. The molecule has 0 spiro atoms. The van der Waals surface area contributed by atoms with Gasteiger partial charge in [0.2, 0.25) is 0 Å². The second-order valence-corrected chi connectivity index (χ2v) is 7.69. The van der Waals surface area contributed by atoms with Crippen molar-refractivity contribution in [2.24, 2.45) is 5.92 Å². The molecule has 1 heterocycles. The van der Waals surface area contributed by atoms with Crippen LogP contribution in [0.3, 0.4) is 0 Å². The third kappa shape index (κ3) is 5.06. The summed E-state index contributed by atoms with van der Waals surface area (Å²) in [7, 11) is 0. The lowest BCUT2D eigenvalue weighted by Gasteiger charge is -2.24. The van der Waals surface area contributed by atoms with Gasteiger partial charge < -0.3 is 14.9 Å². The highest BCUT2D eigenvalue weighted by atomic mass is 16.7. The van der Waals surface area contributed by atoms with Crippen LogP contribution in [0.2, 0.25) is 0 Å². The number of ether oxygens (including phenoxy) is 1. The average molecular weight is 376 g/mol. The fraction of sp³-hybridized carbons (Fsp3) is 0.474. The monoisotopic (exact) mass is 376 g/mol. The summed E-state index contributed by atoms with van der Waals surface area (Å²) >= 11 is 0. The molecular weight excluding hydrogens is 352 g/mol. The Bertz CT molecular complexity index is 731. The zero-order valence-electron chi connectivity index (χ0n) is 16.1. The molecule has 0 bridgehead atoms. The van der Waals surface area contributed by atoms with E-state index >= 15 is 0 Å². The van der Waals surface area contributed by atoms with Gasteiger partial charge in [0.1, 0.15) is 11.6 Å². The molecule has 8 heteroatoms. The fourth-order valence-electron chi connectivity index (χ4n) is 2.54. The molecule has 3 amide bonds. The quantitative estimate of drug-likeness (QED) is 0.793. The van der Waals surface area contributed by atoms with E-state index in [4.69, 9.17) is 9.57 Å². The Kier molecular flexibility index (Phi) is 5.88. The van der Waals surface area contributed by atoms with Crippen LogP contribution in [0, 0.1) is 5.92 Å². The van der Waals surface area contributed by atoms with E-state index in [0.29, 0.717) is 5.06 Å². The largest absolute Gasteiger partial charge is 0.444 e. The normalized spacial score (nSPS) is 14.8. The summed E-state index contributed by atoms with van der Waals surface area (Å²) in [6.07, 6.45) is -0.534. The Morgan fingerprint density at radius 3 is 2.04 bits per heavy atom. The van der Waals surface area contributed by atoms with Crippen molar-refractivity contribution in [1.29, 1.82) is 0 Å². The summed E-state index contributed by atoms with van der Waals surface area (Å²) in [5, 5.41) is 2.87. The molecule has 146 valence electrons. The first-order valence-corrected chi connectivity index (χ1v) is 8.68. The predicted octanol–water partition coefficient (Wildman–Crippen LogP) is 2.68. The molecule has 0 radical (unpaired) electrons. The van der Waals surface area contributed by atoms with Gasteiger partial charge in [-0.3, -0.25) is 9.59 Å². The molecule has 1 N–H and O–H groups in total. The van der Waals surface area contributed by atoms with Crippen molar-refractivity contribution < 1.29 is 28.8 Å². The number of amides is 3. The van der Waals surface area contributed by atoms with Crippen molar-refractivity contribution >= 4 is 23.9 Å². The van der Waals surface area contributed by atoms with Crippen molar-refractivity contribution in [1.82, 2.24) is 10.4 Å². The predicted molar refractivity (Wildman–Crippen MR) is 95.6 cm³/mol. The summed E-state index contributed by atoms with van der Waals surface area (Å²) in [5.74, 6) is -2.31. The molecule has 0 fully saturated rings. The smallest absolute Gasteiger partial charge is 0.408 e. The minimum Gasteiger partial charge on any atom is -0.444 e. The second kappa shape index (κ2) is 7.77. The Labute approximate surface area is 157 Å². The van der Waals surface area contributed by atoms with Gasteiger partial charge in [-0.05, 0) is 45.2 Å². The summed E-state index contributed by atoms with van der Waals surface area (Å²) in [5.41, 5.74) is -0.412. The molecule has 1 aliphatic heterocycles. The maximum Gasteiger partial charge on any atom is 0.408 e. The summed E-state index contributed by atoms with van der Waals surface area (Å²) in [4.78, 5) is 54.2. The van der Waals surface area contributed by atoms with Crippen LogP contribution < -0.4 is 5.32 Å². The highest BCUT2D eigenvalue weighted by Crippen LogP contribution is 2.23. The SMILES string of the molecule is CC(C)C[C@@H](NC(=O)OC(C)(C)C)C(=O)ON1C(=O)c2ccccc2C1=O. The standard InChI is InChI=1S/C19H24N2O6/c1-11(2)10-14(20-18(25)26-19(3,4)5)17(24)27-21-15(22)12-8-6-7-9-13(12)16(21)23/h6-9,11,14H,10H2,1-5H3,(H,20,25)/t14-/m1/s1. The number of carbonyl (C=O) groups excluding carboxylic acids is 4. The number of hydrogen-bond acceptors (Lipinski definition) is 6. The zero-order valence-corrected chi connectivity index (χ0v) is 16.1. The molecule has 2 rings (SSSR count). The van der Waals surface area contributed by atoms with Gasteiger partial charge in [-0.1, -0.05) is 31.0 Å². The van der Waals surface area contributed by atoms with Gasteiger partial charge >= 0.3 is 12.1 Å². The van der Waals surface area contributed by atoms with Crippen LogP contribution in [0.25, 0.3) is 0 Å². The number of nitrogens with one attached hydrogen (secondary N) is 1. The molecule has 0 aliphatic carbocycles. The van der Waals surface area contributed by atoms with Crippen molar-refractivity contribution in [2.45, 2.75) is 52.7 Å². The van der Waals surface area contributed by atoms with E-state index in [1.54, 1.807) is 32.9 Å². The zero-order chi connectivity index (χ0) is 20.4. The van der Waals surface area contributed by atoms with Gasteiger partial charge in [0.15, 0.2) is 0 Å². The molecule has 1 atom stereocenters. The number of nitrogens with zero attached hydrogens (tertiary/aromatic N) is 1. The van der Waals surface area contributed by atoms with E-state index in [1.807, 2.05) is 13.8 Å². The van der Waals surface area contributed by atoms with Crippen molar-refractivity contribution in [3.63, 3.8) is 0 Å². The van der Waals surface area contributed by atoms with Crippen LogP contribution in [-0.4, -0.2) is 40.6 Å². The number of alkyl carbamates (subject to hydrolysis) is 1. The third-order valence-electron chi connectivity index (χ3n) is 3.62. The van der Waals surface area contributed by atoms with Crippen LogP contribution >= 0.6 is 0 Å². The van der Waals surface area contributed by atoms with E-state index in [9.17, 15) is 19.2 Å². The minimum absolute atomic E-state index is 0.0414. The molecule has 0 unspecified atom stereocenters. The Morgan fingerprint density at radius 1 is 1.07 bits per heavy atom. The molecule has 0 aromatic heterocycles. The molecule has 0 saturated carbocycles. The van der Waals surface area contributed by atoms with Crippen LogP contribution in [0.1, 0.15) is 61.8 Å². The van der Waals surface area contributed by atoms with Gasteiger partial charge in [-0.25, -0.2) is 9.59 Å². The first-order valence-electron chi connectivity index (χ1n) is 8.68. The fourth-order valence-corrected chi connectivity index (χ4v) is 2.54. The number of imide groups is 1. The van der Waals surface area contributed by atoms with Crippen molar-refractivity contribution in [3.8, 4) is 0 Å². The van der Waals surface area contributed by atoms with Crippen LogP contribution in [-0.2, 0) is 14.4 Å². The Morgan fingerprint density at radius 2 is 1.59 bits per heavy atom. The first-order chi connectivity index (χ1) is 12.5. The highest BCUT2D eigenvalue weighted by molar-refractivity contribution is 6.20. The maximum atomic E-state index is 12.5. The first kappa shape index (κ1) is 20.4. The van der Waals surface area contributed by atoms with E-state index < -0.39 is 35.5 Å². The lowest BCUT2D eigenvalue weighted by atomic mass is 10.0. The van der Waals surface area contributed by atoms with Crippen LogP contribution in [0.4, 0.5) is 4.79 Å². The number of hydrogen-bond donors (Lipinski definition) is 1. The molecule has 1 aromatic carbocycles. The average Bonchev–Trinajstić information content (AvgIpc) is 2.77. The molecule has 0 saturated heterocycles. The van der Waals surface area contributed by atoms with E-state index in [-0.39, 0.29) is 23.5 Å². The van der Waals surface area contributed by atoms with Gasteiger partial charge in [-0.2, -0.15) is 0 Å². The van der Waals surface area contributed by atoms with Crippen molar-refractivity contribution in [3.05, 3.63) is 35.4 Å². The molecule has 1 aliphatic rings. The minimum atomic E-state index is -1.07. The third-order valence-corrected chi connectivity index (χ3v) is 3.62. The highest BCUT2D eigenvalue weighted by Gasteiger charge is 2.40. The topological polar surface area (TPSA) is 102 Å². The number of hydroxylamine groups is 2. The van der Waals surface area contributed by atoms with Gasteiger partial charge in [0.05, 0.1) is 11.1 Å². The van der Waals surface area contributed by atoms with Crippen molar-refractivity contribution in [2.75, 3.05) is 0 Å². The number of rotatable bonds is 5. The number of fused-ring (bicyclic) bond motifs is 1. The number of benzene rings is 1. The summed E-state index contributed by atoms with van der Waals surface area (Å²) in [6.45, 7) is 8.81. The lowest BCUT2D eigenvalue weighted by Crippen LogP contribution is -2.47. The lowest BCUT2D eigenvalue weighted by molar-refractivity contribution is -0.171. The van der Waals surface area contributed by atoms with Gasteiger partial charge in [0, 0.05) is 0 Å². The van der Waals surface area contributed by atoms with Gasteiger partial charge in [-0.15, -0.1) is 0 Å². The summed E-state index contributed by atoms with van der Waals surface area (Å²) in [6, 6.07) is 5.12. The molecule has 8 nitrogen and oxygen atoms in total. The van der Waals surface area contributed by atoms with E-state index in [1.165, 1.54) is 12.1 Å². The molecule has 27 heavy (non-hydrogen) atoms. The van der Waals surface area contributed by atoms with Crippen LogP contribution in [0.15, 0.2) is 24.3 Å². The van der Waals surface area contributed by atoms with E-state index in [2.05, 4.69) is 5.32 Å². The molecule has 1 aromatic rings. The Hall–Kier alpha value is -2.90. The van der Waals surface area contributed by atoms with Gasteiger partial charge in [0.25, 0.3) is 11.8 Å². The van der Waals surface area contributed by atoms with Crippen LogP contribution in [0.5, 0.6) is 0 Å². The summed E-state index contributed by atoms with van der Waals surface area (Å²) < 4.78 is 5.16. The Balaban J connectivity index is 2.11. The number of carbonyl (C=O) groups is 4. The van der Waals surface area contributed by atoms with E-state index in [0.717, 1.165) is 0 Å². The maximum absolute atomic E-state index is 12.5. The molecular formula is C19H24N2O6.